The molecule has 166 valence electrons. The zero-order valence-electron chi connectivity index (χ0n) is 17.0. The SMILES string of the molecule is O=C(Nc1ccc(N2CCOCC2)nc1)c1ccc(S(=O)(=O)Nc2ccc(Cl)cc2)cc1. The number of amides is 1. The van der Waals surface area contributed by atoms with Gasteiger partial charge in [0.1, 0.15) is 5.82 Å². The lowest BCUT2D eigenvalue weighted by Crippen LogP contribution is -2.36. The minimum Gasteiger partial charge on any atom is -0.378 e. The number of carbonyl (C=O) groups excluding carboxylic acids is 1. The molecule has 3 aromatic rings. The number of anilines is 3. The van der Waals surface area contributed by atoms with E-state index in [1.54, 1.807) is 36.5 Å². The molecule has 2 aromatic carbocycles. The minimum atomic E-state index is -3.79. The molecular formula is C22H21ClN4O4S. The Morgan fingerprint density at radius 1 is 0.938 bits per heavy atom. The van der Waals surface area contributed by atoms with Crippen molar-refractivity contribution in [3.8, 4) is 0 Å². The molecule has 0 saturated carbocycles. The third-order valence-electron chi connectivity index (χ3n) is 4.86. The van der Waals surface area contributed by atoms with E-state index in [1.807, 2.05) is 6.07 Å². The highest BCUT2D eigenvalue weighted by Crippen LogP contribution is 2.20. The second-order valence-corrected chi connectivity index (χ2v) is 9.21. The molecule has 1 aromatic heterocycles. The average Bonchev–Trinajstić information content (AvgIpc) is 2.81. The predicted octanol–water partition coefficient (Wildman–Crippen LogP) is 3.62. The van der Waals surface area contributed by atoms with Crippen LogP contribution in [0.5, 0.6) is 0 Å². The van der Waals surface area contributed by atoms with Crippen LogP contribution in [-0.4, -0.2) is 45.6 Å². The van der Waals surface area contributed by atoms with Crippen LogP contribution in [0.4, 0.5) is 17.2 Å². The quantitative estimate of drug-likeness (QED) is 0.568. The van der Waals surface area contributed by atoms with Gasteiger partial charge in [-0.05, 0) is 60.7 Å². The van der Waals surface area contributed by atoms with Crippen LogP contribution in [0, 0.1) is 0 Å². The van der Waals surface area contributed by atoms with Crippen molar-refractivity contribution in [3.05, 3.63) is 77.4 Å². The van der Waals surface area contributed by atoms with Gasteiger partial charge in [0.2, 0.25) is 0 Å². The summed E-state index contributed by atoms with van der Waals surface area (Å²) >= 11 is 5.82. The molecule has 0 spiro atoms. The van der Waals surface area contributed by atoms with E-state index in [0.29, 0.717) is 35.2 Å². The lowest BCUT2D eigenvalue weighted by Gasteiger charge is -2.27. The Balaban J connectivity index is 1.39. The molecular weight excluding hydrogens is 452 g/mol. The summed E-state index contributed by atoms with van der Waals surface area (Å²) in [6, 6.07) is 15.6. The molecule has 1 aliphatic heterocycles. The van der Waals surface area contributed by atoms with E-state index in [2.05, 4.69) is 19.9 Å². The van der Waals surface area contributed by atoms with E-state index in [0.717, 1.165) is 18.9 Å². The molecule has 10 heteroatoms. The van der Waals surface area contributed by atoms with Gasteiger partial charge in [-0.25, -0.2) is 13.4 Å². The summed E-state index contributed by atoms with van der Waals surface area (Å²) < 4.78 is 32.9. The Bertz CT molecular complexity index is 1180. The number of benzene rings is 2. The Hall–Kier alpha value is -3.14. The zero-order chi connectivity index (χ0) is 22.6. The molecule has 2 heterocycles. The smallest absolute Gasteiger partial charge is 0.261 e. The van der Waals surface area contributed by atoms with Gasteiger partial charge in [-0.15, -0.1) is 0 Å². The highest BCUT2D eigenvalue weighted by Gasteiger charge is 2.16. The number of nitrogens with one attached hydrogen (secondary N) is 2. The zero-order valence-corrected chi connectivity index (χ0v) is 18.6. The second kappa shape index (κ2) is 9.56. The maximum atomic E-state index is 12.6. The van der Waals surface area contributed by atoms with Crippen molar-refractivity contribution in [1.29, 1.82) is 0 Å². The summed E-state index contributed by atoms with van der Waals surface area (Å²) in [5, 5.41) is 3.28. The lowest BCUT2D eigenvalue weighted by molar-refractivity contribution is 0.102. The first-order valence-corrected chi connectivity index (χ1v) is 11.8. The molecule has 4 rings (SSSR count). The number of nitrogens with zero attached hydrogens (tertiary/aromatic N) is 2. The van der Waals surface area contributed by atoms with Crippen LogP contribution < -0.4 is 14.9 Å². The Labute approximate surface area is 191 Å². The summed E-state index contributed by atoms with van der Waals surface area (Å²) in [4.78, 5) is 19.1. The molecule has 0 aliphatic carbocycles. The fraction of sp³-hybridized carbons (Fsp3) is 0.182. The number of pyridine rings is 1. The van der Waals surface area contributed by atoms with E-state index in [9.17, 15) is 13.2 Å². The highest BCUT2D eigenvalue weighted by atomic mass is 35.5. The fourth-order valence-corrected chi connectivity index (χ4v) is 4.34. The Kier molecular flexibility index (Phi) is 6.59. The van der Waals surface area contributed by atoms with Crippen molar-refractivity contribution in [1.82, 2.24) is 4.98 Å². The van der Waals surface area contributed by atoms with E-state index < -0.39 is 10.0 Å². The summed E-state index contributed by atoms with van der Waals surface area (Å²) in [6.07, 6.45) is 1.59. The predicted molar refractivity (Wildman–Crippen MR) is 124 cm³/mol. The molecule has 2 N–H and O–H groups in total. The maximum Gasteiger partial charge on any atom is 0.261 e. The summed E-state index contributed by atoms with van der Waals surface area (Å²) in [6.45, 7) is 2.89. The first-order chi connectivity index (χ1) is 15.4. The first kappa shape index (κ1) is 22.1. The molecule has 1 amide bonds. The van der Waals surface area contributed by atoms with Gasteiger partial charge in [0, 0.05) is 29.4 Å². The van der Waals surface area contributed by atoms with Gasteiger partial charge in [0.25, 0.3) is 15.9 Å². The molecule has 8 nitrogen and oxygen atoms in total. The number of carbonyl (C=O) groups is 1. The average molecular weight is 473 g/mol. The van der Waals surface area contributed by atoms with Gasteiger partial charge >= 0.3 is 0 Å². The standard InChI is InChI=1S/C22H21ClN4O4S/c23-17-3-5-18(6-4-17)26-32(29,30)20-8-1-16(2-9-20)22(28)25-19-7-10-21(24-15-19)27-11-13-31-14-12-27/h1-10,15,26H,11-14H2,(H,25,28). The topological polar surface area (TPSA) is 101 Å². The van der Waals surface area contributed by atoms with Crippen LogP contribution >= 0.6 is 11.6 Å². The molecule has 1 saturated heterocycles. The number of hydrogen-bond donors (Lipinski definition) is 2. The van der Waals surface area contributed by atoms with Gasteiger partial charge in [-0.3, -0.25) is 9.52 Å². The summed E-state index contributed by atoms with van der Waals surface area (Å²) in [7, 11) is -3.79. The molecule has 1 fully saturated rings. The van der Waals surface area contributed by atoms with E-state index in [-0.39, 0.29) is 10.8 Å². The van der Waals surface area contributed by atoms with E-state index >= 15 is 0 Å². The monoisotopic (exact) mass is 472 g/mol. The summed E-state index contributed by atoms with van der Waals surface area (Å²) in [5.74, 6) is 0.467. The number of morpholine rings is 1. The van der Waals surface area contributed by atoms with Crippen LogP contribution in [0.1, 0.15) is 10.4 Å². The third-order valence-corrected chi connectivity index (χ3v) is 6.51. The molecule has 0 atom stereocenters. The van der Waals surface area contributed by atoms with Gasteiger partial charge in [-0.2, -0.15) is 0 Å². The lowest BCUT2D eigenvalue weighted by atomic mass is 10.2. The van der Waals surface area contributed by atoms with Crippen molar-refractivity contribution < 1.29 is 17.9 Å². The number of ether oxygens (including phenoxy) is 1. The van der Waals surface area contributed by atoms with E-state index in [4.69, 9.17) is 16.3 Å². The van der Waals surface area contributed by atoms with Crippen molar-refractivity contribution >= 4 is 44.7 Å². The molecule has 0 bridgehead atoms. The largest absolute Gasteiger partial charge is 0.378 e. The number of rotatable bonds is 6. The van der Waals surface area contributed by atoms with Gasteiger partial charge < -0.3 is 15.0 Å². The van der Waals surface area contributed by atoms with Crippen LogP contribution in [0.2, 0.25) is 5.02 Å². The maximum absolute atomic E-state index is 12.6. The van der Waals surface area contributed by atoms with Crippen molar-refractivity contribution in [2.45, 2.75) is 4.90 Å². The molecule has 1 aliphatic rings. The molecule has 32 heavy (non-hydrogen) atoms. The Morgan fingerprint density at radius 2 is 1.59 bits per heavy atom. The van der Waals surface area contributed by atoms with Crippen LogP contribution in [0.3, 0.4) is 0 Å². The number of hydrogen-bond acceptors (Lipinski definition) is 6. The van der Waals surface area contributed by atoms with Crippen molar-refractivity contribution in [2.24, 2.45) is 0 Å². The van der Waals surface area contributed by atoms with Crippen molar-refractivity contribution in [3.63, 3.8) is 0 Å². The fourth-order valence-electron chi connectivity index (χ4n) is 3.16. The first-order valence-electron chi connectivity index (χ1n) is 9.89. The van der Waals surface area contributed by atoms with E-state index in [1.165, 1.54) is 24.3 Å². The van der Waals surface area contributed by atoms with Crippen LogP contribution in [0.15, 0.2) is 71.8 Å². The highest BCUT2D eigenvalue weighted by molar-refractivity contribution is 7.92. The number of sulfonamides is 1. The number of aromatic nitrogens is 1. The van der Waals surface area contributed by atoms with Gasteiger partial charge in [-0.1, -0.05) is 11.6 Å². The van der Waals surface area contributed by atoms with Gasteiger partial charge in [0.05, 0.1) is 30.0 Å². The molecule has 0 unspecified atom stereocenters. The van der Waals surface area contributed by atoms with Gasteiger partial charge in [0.15, 0.2) is 0 Å². The Morgan fingerprint density at radius 3 is 2.22 bits per heavy atom. The summed E-state index contributed by atoms with van der Waals surface area (Å²) in [5.41, 5.74) is 1.27. The normalized spacial score (nSPS) is 14.1. The van der Waals surface area contributed by atoms with Crippen molar-refractivity contribution in [2.75, 3.05) is 41.2 Å². The molecule has 0 radical (unpaired) electrons. The van der Waals surface area contributed by atoms with Crippen LogP contribution in [-0.2, 0) is 14.8 Å². The minimum absolute atomic E-state index is 0.0422. The third kappa shape index (κ3) is 5.37. The van der Waals surface area contributed by atoms with Crippen LogP contribution in [0.25, 0.3) is 0 Å². The second-order valence-electron chi connectivity index (χ2n) is 7.10. The number of halogens is 1.